The van der Waals surface area contributed by atoms with E-state index in [0.29, 0.717) is 0 Å². The van der Waals surface area contributed by atoms with Crippen LogP contribution in [0.2, 0.25) is 0 Å². The quantitative estimate of drug-likeness (QED) is 0.602. The molecule has 0 spiro atoms. The molecule has 1 aliphatic rings. The molecule has 7 heteroatoms. The molecule has 1 atom stereocenters. The lowest BCUT2D eigenvalue weighted by atomic mass is 10.2. The first kappa shape index (κ1) is 11.3. The normalized spacial score (nSPS) is 21.3. The second kappa shape index (κ2) is 4.16. The fourth-order valence-electron chi connectivity index (χ4n) is 1.51. The predicted molar refractivity (Wildman–Crippen MR) is 48.4 cm³/mol. The number of hydrogen-bond acceptors (Lipinski definition) is 3. The van der Waals surface area contributed by atoms with Crippen molar-refractivity contribution in [3.8, 4) is 0 Å². The number of carboxylic acid groups (broad SMARTS) is 2. The van der Waals surface area contributed by atoms with Crippen LogP contribution in [0.15, 0.2) is 0 Å². The fourth-order valence-corrected chi connectivity index (χ4v) is 1.51. The van der Waals surface area contributed by atoms with Gasteiger partial charge in [0.25, 0.3) is 0 Å². The van der Waals surface area contributed by atoms with E-state index in [1.807, 2.05) is 0 Å². The number of aliphatic carboxylic acids is 1. The van der Waals surface area contributed by atoms with Crippen molar-refractivity contribution >= 4 is 18.0 Å². The second-order valence-corrected chi connectivity index (χ2v) is 3.30. The predicted octanol–water partition coefficient (Wildman–Crippen LogP) is -0.718. The minimum atomic E-state index is -1.27. The Morgan fingerprint density at radius 3 is 2.20 bits per heavy atom. The minimum Gasteiger partial charge on any atom is -0.480 e. The standard InChI is InChI=1S/C8H12N2O5/c1-5(11)9-2-3-10(8(14)15)6(4-9)7(12)13/h6H,2-4H2,1H3,(H,12,13)(H,14,15). The number of rotatable bonds is 1. The van der Waals surface area contributed by atoms with Gasteiger partial charge in [-0.25, -0.2) is 9.59 Å². The van der Waals surface area contributed by atoms with Gasteiger partial charge in [0.15, 0.2) is 0 Å². The summed E-state index contributed by atoms with van der Waals surface area (Å²) in [7, 11) is 0. The van der Waals surface area contributed by atoms with Gasteiger partial charge in [0.1, 0.15) is 6.04 Å². The maximum Gasteiger partial charge on any atom is 0.408 e. The van der Waals surface area contributed by atoms with Crippen molar-refractivity contribution in [2.24, 2.45) is 0 Å². The van der Waals surface area contributed by atoms with Gasteiger partial charge in [-0.15, -0.1) is 0 Å². The average Bonchev–Trinajstić information content (AvgIpc) is 2.16. The van der Waals surface area contributed by atoms with E-state index in [1.54, 1.807) is 0 Å². The third-order valence-electron chi connectivity index (χ3n) is 2.36. The van der Waals surface area contributed by atoms with Crippen LogP contribution >= 0.6 is 0 Å². The fraction of sp³-hybridized carbons (Fsp3) is 0.625. The van der Waals surface area contributed by atoms with Crippen molar-refractivity contribution in [1.82, 2.24) is 9.80 Å². The molecule has 2 amide bonds. The topological polar surface area (TPSA) is 98.2 Å². The lowest BCUT2D eigenvalue weighted by Gasteiger charge is -2.37. The number of nitrogens with zero attached hydrogens (tertiary/aromatic N) is 2. The van der Waals surface area contributed by atoms with Crippen molar-refractivity contribution in [2.75, 3.05) is 19.6 Å². The maximum atomic E-state index is 11.0. The summed E-state index contributed by atoms with van der Waals surface area (Å²) in [5.74, 6) is -1.48. The Bertz CT molecular complexity index is 303. The molecule has 1 fully saturated rings. The lowest BCUT2D eigenvalue weighted by molar-refractivity contribution is -0.146. The molecular weight excluding hydrogens is 204 g/mol. The maximum absolute atomic E-state index is 11.0. The molecule has 84 valence electrons. The van der Waals surface area contributed by atoms with Gasteiger partial charge in [0, 0.05) is 20.0 Å². The molecule has 1 unspecified atom stereocenters. The summed E-state index contributed by atoms with van der Waals surface area (Å²) in [5, 5.41) is 17.6. The highest BCUT2D eigenvalue weighted by Crippen LogP contribution is 2.10. The Morgan fingerprint density at radius 2 is 1.80 bits per heavy atom. The van der Waals surface area contributed by atoms with Crippen molar-refractivity contribution in [3.63, 3.8) is 0 Å². The summed E-state index contributed by atoms with van der Waals surface area (Å²) in [6.45, 7) is 1.52. The summed E-state index contributed by atoms with van der Waals surface area (Å²) in [6.07, 6.45) is -1.27. The molecule has 0 aliphatic carbocycles. The molecule has 0 aromatic carbocycles. The molecule has 0 bridgehead atoms. The summed E-state index contributed by atoms with van der Waals surface area (Å²) < 4.78 is 0. The summed E-state index contributed by atoms with van der Waals surface area (Å²) in [4.78, 5) is 34.7. The van der Waals surface area contributed by atoms with Crippen LogP contribution in [0.1, 0.15) is 6.92 Å². The number of carboxylic acids is 1. The molecule has 0 aromatic rings. The van der Waals surface area contributed by atoms with E-state index in [4.69, 9.17) is 10.2 Å². The Labute approximate surface area is 85.9 Å². The van der Waals surface area contributed by atoms with Gasteiger partial charge in [-0.2, -0.15) is 0 Å². The molecule has 0 aromatic heterocycles. The second-order valence-electron chi connectivity index (χ2n) is 3.30. The van der Waals surface area contributed by atoms with E-state index in [9.17, 15) is 14.4 Å². The van der Waals surface area contributed by atoms with Gasteiger partial charge in [-0.3, -0.25) is 9.69 Å². The van der Waals surface area contributed by atoms with E-state index in [0.717, 1.165) is 4.90 Å². The van der Waals surface area contributed by atoms with Gasteiger partial charge >= 0.3 is 12.1 Å². The van der Waals surface area contributed by atoms with Gasteiger partial charge < -0.3 is 15.1 Å². The molecule has 1 rings (SSSR count). The smallest absolute Gasteiger partial charge is 0.408 e. The van der Waals surface area contributed by atoms with Crippen molar-refractivity contribution in [3.05, 3.63) is 0 Å². The molecule has 1 heterocycles. The SMILES string of the molecule is CC(=O)N1CCN(C(=O)O)C(C(=O)O)C1. The van der Waals surface area contributed by atoms with Gasteiger partial charge in [0.05, 0.1) is 6.54 Å². The zero-order chi connectivity index (χ0) is 11.6. The van der Waals surface area contributed by atoms with Crippen molar-refractivity contribution in [2.45, 2.75) is 13.0 Å². The van der Waals surface area contributed by atoms with Crippen LogP contribution in [0.4, 0.5) is 4.79 Å². The third-order valence-corrected chi connectivity index (χ3v) is 2.36. The highest BCUT2D eigenvalue weighted by atomic mass is 16.4. The van der Waals surface area contributed by atoms with E-state index in [-0.39, 0.29) is 25.5 Å². The first-order valence-electron chi connectivity index (χ1n) is 4.41. The molecule has 2 N–H and O–H groups in total. The summed E-state index contributed by atoms with van der Waals surface area (Å²) in [6, 6.07) is -1.17. The summed E-state index contributed by atoms with van der Waals surface area (Å²) in [5.41, 5.74) is 0. The molecule has 1 saturated heterocycles. The molecule has 0 radical (unpaired) electrons. The Morgan fingerprint density at radius 1 is 1.20 bits per heavy atom. The average molecular weight is 216 g/mol. The van der Waals surface area contributed by atoms with Crippen LogP contribution in [-0.4, -0.2) is 63.7 Å². The van der Waals surface area contributed by atoms with Crippen LogP contribution in [0, 0.1) is 0 Å². The van der Waals surface area contributed by atoms with E-state index >= 15 is 0 Å². The molecule has 7 nitrogen and oxygen atoms in total. The lowest BCUT2D eigenvalue weighted by Crippen LogP contribution is -2.58. The van der Waals surface area contributed by atoms with Crippen LogP contribution in [0.25, 0.3) is 0 Å². The van der Waals surface area contributed by atoms with Gasteiger partial charge in [0.2, 0.25) is 5.91 Å². The first-order chi connectivity index (χ1) is 6.93. The van der Waals surface area contributed by atoms with Crippen LogP contribution in [0.3, 0.4) is 0 Å². The number of amides is 2. The monoisotopic (exact) mass is 216 g/mol. The van der Waals surface area contributed by atoms with E-state index in [2.05, 4.69) is 0 Å². The summed E-state index contributed by atoms with van der Waals surface area (Å²) >= 11 is 0. The highest BCUT2D eigenvalue weighted by molar-refractivity contribution is 5.81. The zero-order valence-electron chi connectivity index (χ0n) is 8.21. The number of hydrogen-bond donors (Lipinski definition) is 2. The number of piperazine rings is 1. The van der Waals surface area contributed by atoms with E-state index < -0.39 is 18.1 Å². The Kier molecular flexibility index (Phi) is 3.13. The number of carbonyl (C=O) groups excluding carboxylic acids is 1. The molecular formula is C8H12N2O5. The van der Waals surface area contributed by atoms with Gasteiger partial charge in [-0.05, 0) is 0 Å². The van der Waals surface area contributed by atoms with Crippen LogP contribution in [0.5, 0.6) is 0 Å². The molecule has 0 saturated carbocycles. The van der Waals surface area contributed by atoms with Crippen LogP contribution in [-0.2, 0) is 9.59 Å². The van der Waals surface area contributed by atoms with Gasteiger partial charge in [-0.1, -0.05) is 0 Å². The molecule has 15 heavy (non-hydrogen) atoms. The third kappa shape index (κ3) is 2.36. The van der Waals surface area contributed by atoms with E-state index in [1.165, 1.54) is 11.8 Å². The minimum absolute atomic E-state index is 0.0336. The molecule has 1 aliphatic heterocycles. The van der Waals surface area contributed by atoms with Crippen molar-refractivity contribution < 1.29 is 24.6 Å². The highest BCUT2D eigenvalue weighted by Gasteiger charge is 2.35. The Balaban J connectivity index is 2.78. The van der Waals surface area contributed by atoms with Crippen LogP contribution < -0.4 is 0 Å². The zero-order valence-corrected chi connectivity index (χ0v) is 8.21. The Hall–Kier alpha value is -1.79. The number of carbonyl (C=O) groups is 3. The van der Waals surface area contributed by atoms with Crippen molar-refractivity contribution in [1.29, 1.82) is 0 Å². The largest absolute Gasteiger partial charge is 0.480 e. The first-order valence-corrected chi connectivity index (χ1v) is 4.41.